The first-order valence-corrected chi connectivity index (χ1v) is 7.65. The van der Waals surface area contributed by atoms with Crippen LogP contribution in [0.2, 0.25) is 0 Å². The molecular weight excluding hydrogens is 312 g/mol. The van der Waals surface area contributed by atoms with Gasteiger partial charge in [0.1, 0.15) is 0 Å². The Hall–Kier alpha value is -1.19. The normalized spacial score (nSPS) is 13.2. The Labute approximate surface area is 129 Å². The molecule has 1 atom stereocenters. The molecule has 0 saturated carbocycles. The molecule has 1 N–H and O–H groups in total. The number of halogens is 1. The van der Waals surface area contributed by atoms with E-state index in [9.17, 15) is 0 Å². The number of benzene rings is 1. The number of rotatable bonds is 4. The summed E-state index contributed by atoms with van der Waals surface area (Å²) >= 11 is 3.41. The summed E-state index contributed by atoms with van der Waals surface area (Å²) in [4.78, 5) is 4.42. The lowest BCUT2D eigenvalue weighted by Gasteiger charge is -2.32. The van der Waals surface area contributed by atoms with Gasteiger partial charge in [0.05, 0.1) is 5.69 Å². The van der Waals surface area contributed by atoms with Gasteiger partial charge in [-0.05, 0) is 39.0 Å². The van der Waals surface area contributed by atoms with Gasteiger partial charge in [-0.2, -0.15) is 0 Å². The van der Waals surface area contributed by atoms with Gasteiger partial charge in [-0.25, -0.2) is 0 Å². The predicted octanol–water partition coefficient (Wildman–Crippen LogP) is 4.72. The van der Waals surface area contributed by atoms with Crippen LogP contribution >= 0.6 is 15.9 Å². The van der Waals surface area contributed by atoms with E-state index in [1.54, 1.807) is 0 Å². The lowest BCUT2D eigenvalue weighted by molar-refractivity contribution is 0.270. The van der Waals surface area contributed by atoms with Gasteiger partial charge in [0.25, 0.3) is 0 Å². The van der Waals surface area contributed by atoms with Crippen LogP contribution in [-0.2, 0) is 6.54 Å². The van der Waals surface area contributed by atoms with Crippen LogP contribution < -0.4 is 5.32 Å². The number of aromatic nitrogens is 1. The molecule has 1 unspecified atom stereocenters. The largest absolute Gasteiger partial charge is 0.304 e. The van der Waals surface area contributed by atoms with Crippen LogP contribution in [0.3, 0.4) is 0 Å². The van der Waals surface area contributed by atoms with Crippen LogP contribution in [0, 0.1) is 5.41 Å². The van der Waals surface area contributed by atoms with Gasteiger partial charge in [0.15, 0.2) is 0 Å². The topological polar surface area (TPSA) is 24.9 Å². The Bertz CT molecular complexity index is 529. The van der Waals surface area contributed by atoms with Crippen molar-refractivity contribution in [1.29, 1.82) is 0 Å². The molecule has 2 rings (SSSR count). The van der Waals surface area contributed by atoms with Crippen LogP contribution in [0.1, 0.15) is 38.1 Å². The summed E-state index contributed by atoms with van der Waals surface area (Å²) in [5.74, 6) is 0. The van der Waals surface area contributed by atoms with E-state index < -0.39 is 0 Å². The Morgan fingerprint density at radius 1 is 1.10 bits per heavy atom. The minimum Gasteiger partial charge on any atom is -0.304 e. The van der Waals surface area contributed by atoms with Gasteiger partial charge >= 0.3 is 0 Å². The summed E-state index contributed by atoms with van der Waals surface area (Å²) in [6.07, 6.45) is 1.84. The molecule has 0 aliphatic heterocycles. The summed E-state index contributed by atoms with van der Waals surface area (Å²) in [5.41, 5.74) is 2.52. The van der Waals surface area contributed by atoms with E-state index in [4.69, 9.17) is 0 Å². The van der Waals surface area contributed by atoms with E-state index >= 15 is 0 Å². The second-order valence-electron chi connectivity index (χ2n) is 6.06. The zero-order valence-corrected chi connectivity index (χ0v) is 13.8. The van der Waals surface area contributed by atoms with Gasteiger partial charge < -0.3 is 5.32 Å². The van der Waals surface area contributed by atoms with Crippen molar-refractivity contribution in [3.63, 3.8) is 0 Å². The SMILES string of the molecule is CC(C)(C)C(NCc1ccc(Br)cn1)c1ccccc1. The third kappa shape index (κ3) is 4.15. The van der Waals surface area contributed by atoms with Crippen molar-refractivity contribution < 1.29 is 0 Å². The number of nitrogens with one attached hydrogen (secondary N) is 1. The lowest BCUT2D eigenvalue weighted by atomic mass is 9.82. The summed E-state index contributed by atoms with van der Waals surface area (Å²) < 4.78 is 1.01. The Morgan fingerprint density at radius 2 is 1.80 bits per heavy atom. The molecule has 0 bridgehead atoms. The number of hydrogen-bond donors (Lipinski definition) is 1. The molecule has 0 fully saturated rings. The third-order valence-electron chi connectivity index (χ3n) is 3.27. The van der Waals surface area contributed by atoms with Crippen LogP contribution in [0.15, 0.2) is 53.1 Å². The quantitative estimate of drug-likeness (QED) is 0.876. The highest BCUT2D eigenvalue weighted by molar-refractivity contribution is 9.10. The van der Waals surface area contributed by atoms with Crippen molar-refractivity contribution in [2.75, 3.05) is 0 Å². The molecule has 0 spiro atoms. The van der Waals surface area contributed by atoms with E-state index in [1.807, 2.05) is 18.3 Å². The first kappa shape index (κ1) is 15.2. The first-order valence-electron chi connectivity index (χ1n) is 6.85. The average molecular weight is 333 g/mol. The molecule has 1 heterocycles. The van der Waals surface area contributed by atoms with E-state index in [0.29, 0.717) is 6.04 Å². The van der Waals surface area contributed by atoms with E-state index in [0.717, 1.165) is 16.7 Å². The Kier molecular flexibility index (Phi) is 4.95. The zero-order valence-electron chi connectivity index (χ0n) is 12.2. The van der Waals surface area contributed by atoms with Gasteiger partial charge in [-0.3, -0.25) is 4.98 Å². The van der Waals surface area contributed by atoms with Crippen molar-refractivity contribution in [3.8, 4) is 0 Å². The molecule has 20 heavy (non-hydrogen) atoms. The smallest absolute Gasteiger partial charge is 0.0542 e. The summed E-state index contributed by atoms with van der Waals surface area (Å²) in [6.45, 7) is 7.54. The number of nitrogens with zero attached hydrogens (tertiary/aromatic N) is 1. The fourth-order valence-electron chi connectivity index (χ4n) is 2.29. The molecule has 106 valence electrons. The maximum Gasteiger partial charge on any atom is 0.0542 e. The molecule has 2 nitrogen and oxygen atoms in total. The average Bonchev–Trinajstić information content (AvgIpc) is 2.41. The second-order valence-corrected chi connectivity index (χ2v) is 6.97. The standard InChI is InChI=1S/C17H21BrN2/c1-17(2,3)16(13-7-5-4-6-8-13)20-12-15-10-9-14(18)11-19-15/h4-11,16,20H,12H2,1-3H3. The monoisotopic (exact) mass is 332 g/mol. The zero-order chi connectivity index (χ0) is 14.6. The van der Waals surface area contributed by atoms with Crippen molar-refractivity contribution in [3.05, 3.63) is 64.4 Å². The van der Waals surface area contributed by atoms with Gasteiger partial charge in [-0.15, -0.1) is 0 Å². The predicted molar refractivity (Wildman–Crippen MR) is 87.4 cm³/mol. The highest BCUT2D eigenvalue weighted by atomic mass is 79.9. The molecule has 1 aromatic heterocycles. The van der Waals surface area contributed by atoms with Crippen LogP contribution in [0.5, 0.6) is 0 Å². The fourth-order valence-corrected chi connectivity index (χ4v) is 2.52. The van der Waals surface area contributed by atoms with Crippen molar-refractivity contribution in [2.24, 2.45) is 5.41 Å². The highest BCUT2D eigenvalue weighted by Crippen LogP contribution is 2.32. The molecule has 0 amide bonds. The summed E-state index contributed by atoms with van der Waals surface area (Å²) in [5, 5.41) is 3.63. The third-order valence-corrected chi connectivity index (χ3v) is 3.74. The Morgan fingerprint density at radius 3 is 2.35 bits per heavy atom. The highest BCUT2D eigenvalue weighted by Gasteiger charge is 2.25. The van der Waals surface area contributed by atoms with Crippen molar-refractivity contribution in [1.82, 2.24) is 10.3 Å². The summed E-state index contributed by atoms with van der Waals surface area (Å²) in [7, 11) is 0. The molecule has 3 heteroatoms. The van der Waals surface area contributed by atoms with Gasteiger partial charge in [0.2, 0.25) is 0 Å². The van der Waals surface area contributed by atoms with E-state index in [-0.39, 0.29) is 5.41 Å². The Balaban J connectivity index is 2.11. The number of pyridine rings is 1. The van der Waals surface area contributed by atoms with E-state index in [2.05, 4.69) is 77.3 Å². The first-order chi connectivity index (χ1) is 9.47. The molecule has 1 aromatic carbocycles. The minimum absolute atomic E-state index is 0.150. The van der Waals surface area contributed by atoms with Gasteiger partial charge in [-0.1, -0.05) is 51.1 Å². The molecule has 0 aliphatic rings. The van der Waals surface area contributed by atoms with E-state index in [1.165, 1.54) is 5.56 Å². The number of hydrogen-bond acceptors (Lipinski definition) is 2. The van der Waals surface area contributed by atoms with Crippen molar-refractivity contribution >= 4 is 15.9 Å². The van der Waals surface area contributed by atoms with Crippen LogP contribution in [0.25, 0.3) is 0 Å². The molecule has 0 aliphatic carbocycles. The minimum atomic E-state index is 0.150. The fraction of sp³-hybridized carbons (Fsp3) is 0.353. The molecule has 2 aromatic rings. The van der Waals surface area contributed by atoms with Crippen LogP contribution in [0.4, 0.5) is 0 Å². The second kappa shape index (κ2) is 6.51. The molecular formula is C17H21BrN2. The maximum atomic E-state index is 4.42. The van der Waals surface area contributed by atoms with Crippen molar-refractivity contribution in [2.45, 2.75) is 33.4 Å². The molecule has 0 saturated heterocycles. The van der Waals surface area contributed by atoms with Gasteiger partial charge in [0, 0.05) is 23.3 Å². The summed E-state index contributed by atoms with van der Waals surface area (Å²) in [6, 6.07) is 15.0. The lowest BCUT2D eigenvalue weighted by Crippen LogP contribution is -2.32. The van der Waals surface area contributed by atoms with Crippen LogP contribution in [-0.4, -0.2) is 4.98 Å². The molecule has 0 radical (unpaired) electrons. The maximum absolute atomic E-state index is 4.42.